The third kappa shape index (κ3) is 2.50. The van der Waals surface area contributed by atoms with Gasteiger partial charge in [0.15, 0.2) is 0 Å². The van der Waals surface area contributed by atoms with Crippen LogP contribution in [-0.4, -0.2) is 25.2 Å². The molecule has 1 amide bonds. The molecule has 1 aromatic carbocycles. The summed E-state index contributed by atoms with van der Waals surface area (Å²) in [4.78, 5) is 12.0. The van der Waals surface area contributed by atoms with Crippen LogP contribution in [0.4, 0.5) is 0 Å². The number of amides is 1. The summed E-state index contributed by atoms with van der Waals surface area (Å²) in [5.41, 5.74) is 0.274. The van der Waals surface area contributed by atoms with Crippen LogP contribution in [0.5, 0.6) is 0 Å². The zero-order valence-corrected chi connectivity index (χ0v) is 10.4. The fraction of sp³-hybridized carbons (Fsp3) is 0.182. The number of carbonyl (C=O) groups excluding carboxylic acids is 1. The zero-order chi connectivity index (χ0) is 12.5. The molecule has 0 atom stereocenters. The number of hydrogen-bond donors (Lipinski definition) is 0. The van der Waals surface area contributed by atoms with Crippen LogP contribution in [0.1, 0.15) is 16.8 Å². The standard InChI is InChI=1S/C11H10ClNO3S/c12-10-5-3-4-9(8-10)11(14)13-6-1-2-7-17(13,15)16/h2-5,7-8H,1,6H2. The van der Waals surface area contributed by atoms with E-state index in [0.29, 0.717) is 11.4 Å². The SMILES string of the molecule is O=C(c1cccc(Cl)c1)N1CCC=CS1(=O)=O. The number of halogens is 1. The molecular weight excluding hydrogens is 262 g/mol. The molecule has 0 bridgehead atoms. The molecule has 1 aliphatic rings. The van der Waals surface area contributed by atoms with Crippen LogP contribution >= 0.6 is 11.6 Å². The van der Waals surface area contributed by atoms with E-state index >= 15 is 0 Å². The second-order valence-corrected chi connectivity index (χ2v) is 5.77. The Morgan fingerprint density at radius 1 is 1.35 bits per heavy atom. The van der Waals surface area contributed by atoms with Gasteiger partial charge in [0.1, 0.15) is 0 Å². The van der Waals surface area contributed by atoms with E-state index < -0.39 is 15.9 Å². The molecule has 0 fully saturated rings. The van der Waals surface area contributed by atoms with Crippen molar-refractivity contribution in [3.05, 3.63) is 46.3 Å². The number of nitrogens with zero attached hydrogens (tertiary/aromatic N) is 1. The second-order valence-electron chi connectivity index (χ2n) is 3.59. The van der Waals surface area contributed by atoms with Crippen LogP contribution in [0.15, 0.2) is 35.7 Å². The van der Waals surface area contributed by atoms with Gasteiger partial charge in [-0.25, -0.2) is 12.7 Å². The van der Waals surface area contributed by atoms with E-state index in [-0.39, 0.29) is 12.1 Å². The van der Waals surface area contributed by atoms with E-state index in [0.717, 1.165) is 9.71 Å². The van der Waals surface area contributed by atoms with Gasteiger partial charge >= 0.3 is 0 Å². The van der Waals surface area contributed by atoms with E-state index in [9.17, 15) is 13.2 Å². The van der Waals surface area contributed by atoms with Gasteiger partial charge in [0.25, 0.3) is 15.9 Å². The maximum Gasteiger partial charge on any atom is 0.267 e. The van der Waals surface area contributed by atoms with Crippen LogP contribution < -0.4 is 0 Å². The predicted molar refractivity (Wildman–Crippen MR) is 65.2 cm³/mol. The van der Waals surface area contributed by atoms with Crippen LogP contribution in [0.25, 0.3) is 0 Å². The average Bonchev–Trinajstić information content (AvgIpc) is 2.27. The van der Waals surface area contributed by atoms with Gasteiger partial charge in [-0.3, -0.25) is 4.79 Å². The lowest BCUT2D eigenvalue weighted by atomic mass is 10.2. The van der Waals surface area contributed by atoms with Crippen molar-refractivity contribution >= 4 is 27.5 Å². The van der Waals surface area contributed by atoms with Crippen molar-refractivity contribution in [3.8, 4) is 0 Å². The van der Waals surface area contributed by atoms with Crippen molar-refractivity contribution in [2.24, 2.45) is 0 Å². The summed E-state index contributed by atoms with van der Waals surface area (Å²) in [5, 5.41) is 1.46. The largest absolute Gasteiger partial charge is 0.268 e. The molecule has 0 saturated carbocycles. The molecule has 17 heavy (non-hydrogen) atoms. The summed E-state index contributed by atoms with van der Waals surface area (Å²) in [6, 6.07) is 6.24. The minimum Gasteiger partial charge on any atom is -0.268 e. The van der Waals surface area contributed by atoms with Crippen LogP contribution in [0.2, 0.25) is 5.02 Å². The molecule has 6 heteroatoms. The molecule has 0 unspecified atom stereocenters. The highest BCUT2D eigenvalue weighted by Gasteiger charge is 2.27. The normalized spacial score (nSPS) is 18.1. The van der Waals surface area contributed by atoms with Crippen molar-refractivity contribution in [2.45, 2.75) is 6.42 Å². The predicted octanol–water partition coefficient (Wildman–Crippen LogP) is 2.03. The first kappa shape index (κ1) is 12.1. The monoisotopic (exact) mass is 271 g/mol. The van der Waals surface area contributed by atoms with Crippen molar-refractivity contribution < 1.29 is 13.2 Å². The smallest absolute Gasteiger partial charge is 0.267 e. The van der Waals surface area contributed by atoms with Crippen molar-refractivity contribution in [2.75, 3.05) is 6.54 Å². The first-order valence-electron chi connectivity index (χ1n) is 5.00. The average molecular weight is 272 g/mol. The Balaban J connectivity index is 2.36. The molecule has 2 rings (SSSR count). The molecule has 1 aliphatic heterocycles. The molecule has 0 N–H and O–H groups in total. The van der Waals surface area contributed by atoms with E-state index in [2.05, 4.69) is 0 Å². The van der Waals surface area contributed by atoms with Crippen molar-refractivity contribution in [3.63, 3.8) is 0 Å². The molecular formula is C11H10ClNO3S. The van der Waals surface area contributed by atoms with Gasteiger partial charge in [0.05, 0.1) is 0 Å². The minimum absolute atomic E-state index is 0.171. The van der Waals surface area contributed by atoms with Gasteiger partial charge in [-0.2, -0.15) is 0 Å². The molecule has 0 radical (unpaired) electrons. The van der Waals surface area contributed by atoms with Gasteiger partial charge < -0.3 is 0 Å². The Morgan fingerprint density at radius 3 is 2.76 bits per heavy atom. The van der Waals surface area contributed by atoms with Gasteiger partial charge in [-0.15, -0.1) is 0 Å². The molecule has 1 heterocycles. The maximum absolute atomic E-state index is 12.0. The fourth-order valence-corrected chi connectivity index (χ4v) is 2.98. The molecule has 0 aromatic heterocycles. The van der Waals surface area contributed by atoms with Gasteiger partial charge in [-0.1, -0.05) is 23.7 Å². The summed E-state index contributed by atoms with van der Waals surface area (Å²) in [6.07, 6.45) is 2.07. The Kier molecular flexibility index (Phi) is 3.22. The van der Waals surface area contributed by atoms with E-state index in [1.165, 1.54) is 12.1 Å². The first-order chi connectivity index (χ1) is 8.00. The Morgan fingerprint density at radius 2 is 2.12 bits per heavy atom. The summed E-state index contributed by atoms with van der Waals surface area (Å²) in [5.74, 6) is -0.545. The molecule has 4 nitrogen and oxygen atoms in total. The number of hydrogen-bond acceptors (Lipinski definition) is 3. The van der Waals surface area contributed by atoms with E-state index in [4.69, 9.17) is 11.6 Å². The third-order valence-electron chi connectivity index (χ3n) is 2.37. The summed E-state index contributed by atoms with van der Waals surface area (Å²) >= 11 is 5.76. The molecule has 1 aromatic rings. The number of carbonyl (C=O) groups is 1. The molecule has 90 valence electrons. The number of benzene rings is 1. The van der Waals surface area contributed by atoms with E-state index in [1.807, 2.05) is 0 Å². The van der Waals surface area contributed by atoms with Crippen LogP contribution in [0, 0.1) is 0 Å². The number of sulfonamides is 1. The first-order valence-corrected chi connectivity index (χ1v) is 6.88. The lowest BCUT2D eigenvalue weighted by molar-refractivity contribution is 0.0863. The highest BCUT2D eigenvalue weighted by Crippen LogP contribution is 2.18. The Bertz CT molecular complexity index is 580. The summed E-state index contributed by atoms with van der Waals surface area (Å²) in [7, 11) is -3.62. The molecule has 0 saturated heterocycles. The number of rotatable bonds is 1. The summed E-state index contributed by atoms with van der Waals surface area (Å²) in [6.45, 7) is 0.171. The quantitative estimate of drug-likeness (QED) is 0.785. The Hall–Kier alpha value is -1.33. The molecule has 0 spiro atoms. The van der Waals surface area contributed by atoms with Gasteiger partial charge in [-0.05, 0) is 24.6 Å². The lowest BCUT2D eigenvalue weighted by Gasteiger charge is -2.22. The second kappa shape index (κ2) is 4.50. The van der Waals surface area contributed by atoms with Gasteiger partial charge in [0, 0.05) is 22.5 Å². The topological polar surface area (TPSA) is 54.5 Å². The summed E-state index contributed by atoms with van der Waals surface area (Å²) < 4.78 is 24.2. The third-order valence-corrected chi connectivity index (χ3v) is 4.11. The minimum atomic E-state index is -3.62. The van der Waals surface area contributed by atoms with E-state index in [1.54, 1.807) is 18.2 Å². The maximum atomic E-state index is 12.0. The lowest BCUT2D eigenvalue weighted by Crippen LogP contribution is -2.38. The highest BCUT2D eigenvalue weighted by atomic mass is 35.5. The van der Waals surface area contributed by atoms with Crippen LogP contribution in [0.3, 0.4) is 0 Å². The highest BCUT2D eigenvalue weighted by molar-refractivity contribution is 7.92. The zero-order valence-electron chi connectivity index (χ0n) is 8.84. The van der Waals surface area contributed by atoms with Gasteiger partial charge in [0.2, 0.25) is 0 Å². The molecule has 0 aliphatic carbocycles. The Labute approximate surface area is 105 Å². The van der Waals surface area contributed by atoms with Crippen molar-refractivity contribution in [1.82, 2.24) is 4.31 Å². The van der Waals surface area contributed by atoms with Crippen molar-refractivity contribution in [1.29, 1.82) is 0 Å². The fourth-order valence-electron chi connectivity index (χ4n) is 1.56. The van der Waals surface area contributed by atoms with Crippen LogP contribution in [-0.2, 0) is 10.0 Å².